The Morgan fingerprint density at radius 1 is 1.24 bits per heavy atom. The highest BCUT2D eigenvalue weighted by atomic mass is 15.2. The SMILES string of the molecule is N#CCCN(Cc1cccnc1)c1nccc(C#N)c1N. The normalized spacial score (nSPS) is 9.62. The first-order valence-corrected chi connectivity index (χ1v) is 6.41. The van der Waals surface area contributed by atoms with Crippen LogP contribution in [0.1, 0.15) is 17.5 Å². The second kappa shape index (κ2) is 6.88. The van der Waals surface area contributed by atoms with Gasteiger partial charge in [-0.1, -0.05) is 6.07 Å². The van der Waals surface area contributed by atoms with Crippen molar-refractivity contribution in [2.75, 3.05) is 17.2 Å². The number of anilines is 2. The Kier molecular flexibility index (Phi) is 4.68. The van der Waals surface area contributed by atoms with Crippen molar-refractivity contribution in [1.82, 2.24) is 9.97 Å². The minimum Gasteiger partial charge on any atom is -0.395 e. The average molecular weight is 278 g/mol. The Hall–Kier alpha value is -3.12. The molecule has 2 rings (SSSR count). The van der Waals surface area contributed by atoms with Crippen LogP contribution in [0.25, 0.3) is 0 Å². The molecule has 0 bridgehead atoms. The van der Waals surface area contributed by atoms with E-state index in [4.69, 9.17) is 16.3 Å². The molecule has 0 aliphatic heterocycles. The van der Waals surface area contributed by atoms with Crippen LogP contribution in [0.2, 0.25) is 0 Å². The lowest BCUT2D eigenvalue weighted by Crippen LogP contribution is -2.26. The van der Waals surface area contributed by atoms with Gasteiger partial charge in [0.25, 0.3) is 0 Å². The van der Waals surface area contributed by atoms with Crippen molar-refractivity contribution in [3.8, 4) is 12.1 Å². The first-order chi connectivity index (χ1) is 10.3. The molecular formula is C15H14N6. The van der Waals surface area contributed by atoms with Gasteiger partial charge in [-0.2, -0.15) is 10.5 Å². The van der Waals surface area contributed by atoms with E-state index in [2.05, 4.69) is 16.0 Å². The van der Waals surface area contributed by atoms with E-state index in [9.17, 15) is 0 Å². The summed E-state index contributed by atoms with van der Waals surface area (Å²) in [6.07, 6.45) is 5.35. The smallest absolute Gasteiger partial charge is 0.153 e. The molecule has 0 amide bonds. The average Bonchev–Trinajstić information content (AvgIpc) is 2.53. The van der Waals surface area contributed by atoms with Crippen molar-refractivity contribution >= 4 is 11.5 Å². The Morgan fingerprint density at radius 2 is 2.10 bits per heavy atom. The number of pyridine rings is 2. The van der Waals surface area contributed by atoms with Crippen LogP contribution in [-0.2, 0) is 6.54 Å². The summed E-state index contributed by atoms with van der Waals surface area (Å²) in [4.78, 5) is 10.2. The third-order valence-electron chi connectivity index (χ3n) is 2.98. The predicted octanol–water partition coefficient (Wildman–Crippen LogP) is 1.85. The Labute approximate surface area is 123 Å². The summed E-state index contributed by atoms with van der Waals surface area (Å²) < 4.78 is 0. The van der Waals surface area contributed by atoms with Crippen LogP contribution in [0.3, 0.4) is 0 Å². The van der Waals surface area contributed by atoms with Gasteiger partial charge in [0.15, 0.2) is 5.82 Å². The summed E-state index contributed by atoms with van der Waals surface area (Å²) in [6.45, 7) is 1.01. The number of hydrogen-bond donors (Lipinski definition) is 1. The van der Waals surface area contributed by atoms with Crippen LogP contribution in [0.5, 0.6) is 0 Å². The van der Waals surface area contributed by atoms with Crippen LogP contribution in [0, 0.1) is 22.7 Å². The zero-order valence-electron chi connectivity index (χ0n) is 11.4. The number of aromatic nitrogens is 2. The number of nitrogens with two attached hydrogens (primary N) is 1. The van der Waals surface area contributed by atoms with Crippen LogP contribution in [0.15, 0.2) is 36.8 Å². The highest BCUT2D eigenvalue weighted by Crippen LogP contribution is 2.25. The van der Waals surface area contributed by atoms with Gasteiger partial charge in [-0.15, -0.1) is 0 Å². The first-order valence-electron chi connectivity index (χ1n) is 6.41. The fourth-order valence-corrected chi connectivity index (χ4v) is 1.97. The number of nitrogen functional groups attached to an aromatic ring is 1. The predicted molar refractivity (Wildman–Crippen MR) is 78.9 cm³/mol. The van der Waals surface area contributed by atoms with Crippen LogP contribution in [0.4, 0.5) is 11.5 Å². The molecule has 0 aliphatic carbocycles. The summed E-state index contributed by atoms with van der Waals surface area (Å²) in [7, 11) is 0. The highest BCUT2D eigenvalue weighted by molar-refractivity contribution is 5.70. The molecule has 0 aromatic carbocycles. The number of nitriles is 2. The molecule has 104 valence electrons. The van der Waals surface area contributed by atoms with E-state index >= 15 is 0 Å². The molecule has 0 radical (unpaired) electrons. The van der Waals surface area contributed by atoms with E-state index in [1.807, 2.05) is 23.1 Å². The molecule has 2 N–H and O–H groups in total. The monoisotopic (exact) mass is 278 g/mol. The largest absolute Gasteiger partial charge is 0.395 e. The molecule has 2 aromatic heterocycles. The van der Waals surface area contributed by atoms with Crippen molar-refractivity contribution in [3.63, 3.8) is 0 Å². The number of nitrogens with zero attached hydrogens (tertiary/aromatic N) is 5. The van der Waals surface area contributed by atoms with E-state index in [-0.39, 0.29) is 0 Å². The van der Waals surface area contributed by atoms with Crippen molar-refractivity contribution < 1.29 is 0 Å². The van der Waals surface area contributed by atoms with Gasteiger partial charge >= 0.3 is 0 Å². The summed E-state index contributed by atoms with van der Waals surface area (Å²) in [5, 5.41) is 17.9. The molecule has 2 aromatic rings. The zero-order chi connectivity index (χ0) is 15.1. The van der Waals surface area contributed by atoms with Crippen LogP contribution in [-0.4, -0.2) is 16.5 Å². The molecule has 2 heterocycles. The van der Waals surface area contributed by atoms with Crippen LogP contribution < -0.4 is 10.6 Å². The quantitative estimate of drug-likeness (QED) is 0.895. The maximum atomic E-state index is 9.05. The Bertz CT molecular complexity index is 684. The van der Waals surface area contributed by atoms with Gasteiger partial charge in [0.05, 0.1) is 23.7 Å². The third kappa shape index (κ3) is 3.46. The fraction of sp³-hybridized carbons (Fsp3) is 0.200. The summed E-state index contributed by atoms with van der Waals surface area (Å²) in [5.74, 6) is 0.521. The van der Waals surface area contributed by atoms with Gasteiger partial charge in [-0.05, 0) is 17.7 Å². The fourth-order valence-electron chi connectivity index (χ4n) is 1.97. The molecule has 0 spiro atoms. The second-order valence-electron chi connectivity index (χ2n) is 4.40. The summed E-state index contributed by atoms with van der Waals surface area (Å²) in [5.41, 5.74) is 7.70. The number of rotatable bonds is 5. The highest BCUT2D eigenvalue weighted by Gasteiger charge is 2.14. The Balaban J connectivity index is 2.32. The van der Waals surface area contributed by atoms with Gasteiger partial charge in [-0.3, -0.25) is 4.98 Å². The standard InChI is InChI=1S/C15H14N6/c16-5-2-8-21(11-12-3-1-6-19-10-12)15-14(18)13(9-17)4-7-20-15/h1,3-4,6-7,10H,2,8,11,18H2. The van der Waals surface area contributed by atoms with Gasteiger partial charge in [0, 0.05) is 31.7 Å². The third-order valence-corrected chi connectivity index (χ3v) is 2.98. The van der Waals surface area contributed by atoms with Gasteiger partial charge in [0.2, 0.25) is 0 Å². The van der Waals surface area contributed by atoms with Gasteiger partial charge in [0.1, 0.15) is 6.07 Å². The molecule has 0 saturated heterocycles. The van der Waals surface area contributed by atoms with E-state index < -0.39 is 0 Å². The van der Waals surface area contributed by atoms with E-state index in [0.29, 0.717) is 36.6 Å². The second-order valence-corrected chi connectivity index (χ2v) is 4.40. The summed E-state index contributed by atoms with van der Waals surface area (Å²) in [6, 6.07) is 9.52. The molecular weight excluding hydrogens is 264 g/mol. The maximum absolute atomic E-state index is 9.05. The molecule has 21 heavy (non-hydrogen) atoms. The lowest BCUT2D eigenvalue weighted by Gasteiger charge is -2.24. The minimum absolute atomic E-state index is 0.335. The minimum atomic E-state index is 0.335. The topological polar surface area (TPSA) is 103 Å². The van der Waals surface area contributed by atoms with Gasteiger partial charge < -0.3 is 10.6 Å². The Morgan fingerprint density at radius 3 is 2.76 bits per heavy atom. The summed E-state index contributed by atoms with van der Waals surface area (Å²) >= 11 is 0. The molecule has 6 heteroatoms. The molecule has 0 atom stereocenters. The first kappa shape index (κ1) is 14.3. The molecule has 0 aliphatic rings. The lowest BCUT2D eigenvalue weighted by molar-refractivity contribution is 0.781. The van der Waals surface area contributed by atoms with Crippen molar-refractivity contribution in [1.29, 1.82) is 10.5 Å². The van der Waals surface area contributed by atoms with Crippen LogP contribution >= 0.6 is 0 Å². The van der Waals surface area contributed by atoms with E-state index in [1.165, 1.54) is 0 Å². The number of hydrogen-bond acceptors (Lipinski definition) is 6. The molecule has 0 fully saturated rings. The van der Waals surface area contributed by atoms with Crippen molar-refractivity contribution in [3.05, 3.63) is 47.9 Å². The zero-order valence-corrected chi connectivity index (χ0v) is 11.4. The van der Waals surface area contributed by atoms with E-state index in [1.54, 1.807) is 24.7 Å². The maximum Gasteiger partial charge on any atom is 0.153 e. The van der Waals surface area contributed by atoms with Crippen molar-refractivity contribution in [2.45, 2.75) is 13.0 Å². The lowest BCUT2D eigenvalue weighted by atomic mass is 10.2. The van der Waals surface area contributed by atoms with Gasteiger partial charge in [-0.25, -0.2) is 4.98 Å². The molecule has 0 unspecified atom stereocenters. The van der Waals surface area contributed by atoms with E-state index in [0.717, 1.165) is 5.56 Å². The molecule has 0 saturated carbocycles. The van der Waals surface area contributed by atoms with Crippen molar-refractivity contribution in [2.24, 2.45) is 0 Å². The molecule has 6 nitrogen and oxygen atoms in total.